The number of nitrogens with zero attached hydrogens (tertiary/aromatic N) is 1. The molecular formula is C29H27FN2O5. The minimum Gasteiger partial charge on any atom is -0.486 e. The molecule has 2 aromatic carbocycles. The summed E-state index contributed by atoms with van der Waals surface area (Å²) in [6.07, 6.45) is 2.62. The SMILES string of the molecule is CCC(=O)N1CCc2ccc(OCc3ccc(C(=O)NCc4ccco4)o3)cc2C1c1cccc(F)c1. The summed E-state index contributed by atoms with van der Waals surface area (Å²) < 4.78 is 31.0. The van der Waals surface area contributed by atoms with Gasteiger partial charge >= 0.3 is 0 Å². The van der Waals surface area contributed by atoms with Crippen LogP contribution in [0.5, 0.6) is 5.75 Å². The number of halogens is 1. The second kappa shape index (κ2) is 10.7. The van der Waals surface area contributed by atoms with Gasteiger partial charge in [0.15, 0.2) is 5.76 Å². The molecule has 0 radical (unpaired) electrons. The summed E-state index contributed by atoms with van der Waals surface area (Å²) in [5.41, 5.74) is 2.72. The van der Waals surface area contributed by atoms with Crippen molar-refractivity contribution >= 4 is 11.8 Å². The summed E-state index contributed by atoms with van der Waals surface area (Å²) in [6.45, 7) is 2.77. The van der Waals surface area contributed by atoms with Crippen LogP contribution in [0, 0.1) is 5.82 Å². The Bertz CT molecular complexity index is 1400. The fourth-order valence-electron chi connectivity index (χ4n) is 4.59. The molecule has 1 aliphatic rings. The molecule has 190 valence electrons. The van der Waals surface area contributed by atoms with Crippen LogP contribution in [0.25, 0.3) is 0 Å². The first kappa shape index (κ1) is 24.4. The molecular weight excluding hydrogens is 475 g/mol. The average Bonchev–Trinajstić information content (AvgIpc) is 3.62. The zero-order chi connectivity index (χ0) is 25.8. The van der Waals surface area contributed by atoms with Gasteiger partial charge in [-0.2, -0.15) is 0 Å². The van der Waals surface area contributed by atoms with Crippen LogP contribution in [0.2, 0.25) is 0 Å². The Morgan fingerprint density at radius 2 is 1.97 bits per heavy atom. The highest BCUT2D eigenvalue weighted by Crippen LogP contribution is 2.38. The maximum atomic E-state index is 14.1. The largest absolute Gasteiger partial charge is 0.486 e. The van der Waals surface area contributed by atoms with Crippen LogP contribution >= 0.6 is 0 Å². The van der Waals surface area contributed by atoms with E-state index in [-0.39, 0.29) is 36.5 Å². The summed E-state index contributed by atoms with van der Waals surface area (Å²) in [6, 6.07) is 18.6. The Kier molecular flexibility index (Phi) is 7.07. The lowest BCUT2D eigenvalue weighted by Gasteiger charge is -2.38. The Morgan fingerprint density at radius 3 is 2.76 bits per heavy atom. The Balaban J connectivity index is 1.31. The molecule has 0 spiro atoms. The highest BCUT2D eigenvalue weighted by atomic mass is 19.1. The number of hydrogen-bond donors (Lipinski definition) is 1. The van der Waals surface area contributed by atoms with Crippen LogP contribution in [-0.2, 0) is 24.4 Å². The Hall–Kier alpha value is -4.33. The number of fused-ring (bicyclic) bond motifs is 1. The van der Waals surface area contributed by atoms with Crippen molar-refractivity contribution in [1.82, 2.24) is 10.2 Å². The standard InChI is InChI=1S/C29H27FN2O5/c1-2-27(33)32-13-12-19-8-9-22(16-25(19)28(32)20-5-3-6-21(30)15-20)36-18-24-10-11-26(37-24)29(34)31-17-23-7-4-14-35-23/h3-11,14-16,28H,2,12-13,17-18H2,1H3,(H,31,34). The molecule has 0 saturated carbocycles. The number of amides is 2. The van der Waals surface area contributed by atoms with Crippen LogP contribution < -0.4 is 10.1 Å². The normalized spacial score (nSPS) is 14.8. The van der Waals surface area contributed by atoms with Crippen molar-refractivity contribution in [2.75, 3.05) is 6.54 Å². The lowest BCUT2D eigenvalue weighted by molar-refractivity contribution is -0.132. The van der Waals surface area contributed by atoms with Crippen molar-refractivity contribution in [2.45, 2.75) is 39.0 Å². The number of benzene rings is 2. The third-order valence-corrected chi connectivity index (χ3v) is 6.40. The third-order valence-electron chi connectivity index (χ3n) is 6.40. The molecule has 5 rings (SSSR count). The van der Waals surface area contributed by atoms with Gasteiger partial charge in [-0.05, 0) is 71.6 Å². The van der Waals surface area contributed by atoms with E-state index >= 15 is 0 Å². The van der Waals surface area contributed by atoms with E-state index in [0.717, 1.165) is 16.7 Å². The molecule has 1 unspecified atom stereocenters. The summed E-state index contributed by atoms with van der Waals surface area (Å²) >= 11 is 0. The van der Waals surface area contributed by atoms with Gasteiger partial charge < -0.3 is 23.8 Å². The van der Waals surface area contributed by atoms with Gasteiger partial charge in [-0.15, -0.1) is 0 Å². The number of hydrogen-bond acceptors (Lipinski definition) is 5. The van der Waals surface area contributed by atoms with Crippen LogP contribution in [-0.4, -0.2) is 23.3 Å². The summed E-state index contributed by atoms with van der Waals surface area (Å²) in [7, 11) is 0. The number of ether oxygens (including phenoxy) is 1. The molecule has 1 atom stereocenters. The lowest BCUT2D eigenvalue weighted by Crippen LogP contribution is -2.40. The lowest BCUT2D eigenvalue weighted by atomic mass is 9.87. The molecule has 0 bridgehead atoms. The fourth-order valence-corrected chi connectivity index (χ4v) is 4.59. The van der Waals surface area contributed by atoms with E-state index in [2.05, 4.69) is 5.32 Å². The number of carbonyl (C=O) groups excluding carboxylic acids is 2. The first-order chi connectivity index (χ1) is 18.0. The monoisotopic (exact) mass is 502 g/mol. The summed E-state index contributed by atoms with van der Waals surface area (Å²) in [5, 5.41) is 2.74. The van der Waals surface area contributed by atoms with E-state index in [4.69, 9.17) is 13.6 Å². The van der Waals surface area contributed by atoms with Crippen LogP contribution in [0.1, 0.15) is 58.2 Å². The van der Waals surface area contributed by atoms with Crippen molar-refractivity contribution in [3.63, 3.8) is 0 Å². The van der Waals surface area contributed by atoms with Crippen LogP contribution in [0.4, 0.5) is 4.39 Å². The van der Waals surface area contributed by atoms with Gasteiger partial charge in [-0.1, -0.05) is 25.1 Å². The molecule has 4 aromatic rings. The zero-order valence-corrected chi connectivity index (χ0v) is 20.4. The van der Waals surface area contributed by atoms with E-state index in [0.29, 0.717) is 36.7 Å². The smallest absolute Gasteiger partial charge is 0.287 e. The van der Waals surface area contributed by atoms with Gasteiger partial charge in [0.2, 0.25) is 5.91 Å². The van der Waals surface area contributed by atoms with Crippen molar-refractivity contribution in [3.05, 3.63) is 113 Å². The first-order valence-corrected chi connectivity index (χ1v) is 12.2. The molecule has 7 nitrogen and oxygen atoms in total. The van der Waals surface area contributed by atoms with Gasteiger partial charge in [0, 0.05) is 13.0 Å². The molecule has 1 aliphatic heterocycles. The van der Waals surface area contributed by atoms with Gasteiger partial charge in [-0.25, -0.2) is 4.39 Å². The van der Waals surface area contributed by atoms with E-state index in [1.165, 1.54) is 12.1 Å². The minimum absolute atomic E-state index is 0.0136. The number of furan rings is 2. The van der Waals surface area contributed by atoms with E-state index in [9.17, 15) is 14.0 Å². The van der Waals surface area contributed by atoms with Gasteiger partial charge in [0.25, 0.3) is 5.91 Å². The highest BCUT2D eigenvalue weighted by molar-refractivity contribution is 5.91. The molecule has 0 fully saturated rings. The second-order valence-electron chi connectivity index (χ2n) is 8.83. The van der Waals surface area contributed by atoms with Gasteiger partial charge in [0.1, 0.15) is 29.7 Å². The third kappa shape index (κ3) is 5.43. The number of nitrogens with one attached hydrogen (secondary N) is 1. The minimum atomic E-state index is -0.400. The molecule has 2 amide bonds. The number of carbonyl (C=O) groups is 2. The van der Waals surface area contributed by atoms with E-state index in [1.807, 2.05) is 31.2 Å². The molecule has 3 heterocycles. The van der Waals surface area contributed by atoms with E-state index in [1.54, 1.807) is 41.5 Å². The van der Waals surface area contributed by atoms with Crippen molar-refractivity contribution < 1.29 is 27.6 Å². The van der Waals surface area contributed by atoms with Crippen LogP contribution in [0.15, 0.2) is 81.8 Å². The van der Waals surface area contributed by atoms with E-state index < -0.39 is 6.04 Å². The topological polar surface area (TPSA) is 84.9 Å². The Morgan fingerprint density at radius 1 is 1.08 bits per heavy atom. The molecule has 1 N–H and O–H groups in total. The maximum absolute atomic E-state index is 14.1. The fraction of sp³-hybridized carbons (Fsp3) is 0.241. The highest BCUT2D eigenvalue weighted by Gasteiger charge is 2.32. The molecule has 2 aromatic heterocycles. The Labute approximate surface area is 213 Å². The van der Waals surface area contributed by atoms with Crippen LogP contribution in [0.3, 0.4) is 0 Å². The summed E-state index contributed by atoms with van der Waals surface area (Å²) in [4.78, 5) is 26.9. The molecule has 0 aliphatic carbocycles. The number of rotatable bonds is 8. The average molecular weight is 503 g/mol. The predicted octanol–water partition coefficient (Wildman–Crippen LogP) is 5.40. The van der Waals surface area contributed by atoms with Crippen molar-refractivity contribution in [1.29, 1.82) is 0 Å². The quantitative estimate of drug-likeness (QED) is 0.349. The van der Waals surface area contributed by atoms with Gasteiger partial charge in [-0.3, -0.25) is 9.59 Å². The summed E-state index contributed by atoms with van der Waals surface area (Å²) in [5.74, 6) is 1.22. The van der Waals surface area contributed by atoms with Gasteiger partial charge in [0.05, 0.1) is 18.8 Å². The molecule has 37 heavy (non-hydrogen) atoms. The predicted molar refractivity (Wildman–Crippen MR) is 133 cm³/mol. The van der Waals surface area contributed by atoms with Crippen molar-refractivity contribution in [2.24, 2.45) is 0 Å². The maximum Gasteiger partial charge on any atom is 0.287 e. The second-order valence-corrected chi connectivity index (χ2v) is 8.83. The first-order valence-electron chi connectivity index (χ1n) is 12.2. The zero-order valence-electron chi connectivity index (χ0n) is 20.4. The molecule has 0 saturated heterocycles. The van der Waals surface area contributed by atoms with Crippen molar-refractivity contribution in [3.8, 4) is 5.75 Å². The molecule has 8 heteroatoms.